The van der Waals surface area contributed by atoms with Gasteiger partial charge >= 0.3 is 5.97 Å². The van der Waals surface area contributed by atoms with Crippen molar-refractivity contribution in [2.45, 2.75) is 18.6 Å². The fourth-order valence-electron chi connectivity index (χ4n) is 2.53. The van der Waals surface area contributed by atoms with Gasteiger partial charge in [-0.15, -0.1) is 5.10 Å². The molecule has 10 heteroatoms. The van der Waals surface area contributed by atoms with E-state index in [0.29, 0.717) is 17.0 Å². The van der Waals surface area contributed by atoms with E-state index in [9.17, 15) is 18.8 Å². The Balaban J connectivity index is 1.68. The predicted octanol–water partition coefficient (Wildman–Crippen LogP) is 2.86. The standard InChI is InChI=1S/C20H17FN4O4S/c1-11(12-2-6-14(21)7-3-12)24-25-20-23-17(26)10-16(30-20)18(27)22-15-8-4-13(5-9-15)19(28)29/h2-9,16H,10H2,1H3,(H,22,27)(H,28,29)(H,23,25,26)/b24-11-/t16-/m0/s1. The normalized spacial score (nSPS) is 18.1. The number of carbonyl (C=O) groups excluding carboxylic acids is 2. The van der Waals surface area contributed by atoms with Crippen LogP contribution in [0.2, 0.25) is 0 Å². The van der Waals surface area contributed by atoms with Crippen LogP contribution in [0, 0.1) is 5.82 Å². The van der Waals surface area contributed by atoms with Gasteiger partial charge in [-0.3, -0.25) is 9.59 Å². The molecular weight excluding hydrogens is 411 g/mol. The lowest BCUT2D eigenvalue weighted by Crippen LogP contribution is -2.41. The number of carbonyl (C=O) groups is 3. The number of nitrogens with one attached hydrogen (secondary N) is 2. The molecule has 1 fully saturated rings. The number of hydrogen-bond acceptors (Lipinski definition) is 6. The average molecular weight is 428 g/mol. The molecule has 1 heterocycles. The summed E-state index contributed by atoms with van der Waals surface area (Å²) in [5.74, 6) is -2.21. The summed E-state index contributed by atoms with van der Waals surface area (Å²) in [7, 11) is 0. The Bertz CT molecular complexity index is 1040. The Hall–Kier alpha value is -3.53. The van der Waals surface area contributed by atoms with Crippen LogP contribution in [0.1, 0.15) is 29.3 Å². The third-order valence-electron chi connectivity index (χ3n) is 4.12. The van der Waals surface area contributed by atoms with E-state index < -0.39 is 17.1 Å². The molecule has 0 saturated carbocycles. The summed E-state index contributed by atoms with van der Waals surface area (Å²) in [5.41, 5.74) is 1.71. The number of nitrogens with zero attached hydrogens (tertiary/aromatic N) is 2. The van der Waals surface area contributed by atoms with Crippen molar-refractivity contribution in [1.82, 2.24) is 5.32 Å². The van der Waals surface area contributed by atoms with Gasteiger partial charge in [0, 0.05) is 12.1 Å². The Morgan fingerprint density at radius 3 is 2.40 bits per heavy atom. The van der Waals surface area contributed by atoms with Crippen LogP contribution in [0.3, 0.4) is 0 Å². The second kappa shape index (κ2) is 9.31. The van der Waals surface area contributed by atoms with E-state index in [1.807, 2.05) is 0 Å². The zero-order valence-corrected chi connectivity index (χ0v) is 16.6. The fraction of sp³-hybridized carbons (Fsp3) is 0.150. The number of hydrogen-bond donors (Lipinski definition) is 3. The number of carboxylic acids is 1. The Morgan fingerprint density at radius 2 is 1.77 bits per heavy atom. The van der Waals surface area contributed by atoms with E-state index in [4.69, 9.17) is 5.11 Å². The third kappa shape index (κ3) is 5.51. The van der Waals surface area contributed by atoms with Crippen molar-refractivity contribution in [3.63, 3.8) is 0 Å². The zero-order chi connectivity index (χ0) is 21.7. The van der Waals surface area contributed by atoms with Crippen molar-refractivity contribution in [3.05, 3.63) is 65.5 Å². The first-order valence-electron chi connectivity index (χ1n) is 8.81. The molecule has 2 amide bonds. The van der Waals surface area contributed by atoms with Crippen molar-refractivity contribution in [1.29, 1.82) is 0 Å². The first-order valence-corrected chi connectivity index (χ1v) is 9.68. The van der Waals surface area contributed by atoms with Crippen LogP contribution in [0.15, 0.2) is 58.7 Å². The van der Waals surface area contributed by atoms with Gasteiger partial charge in [0.05, 0.1) is 11.3 Å². The highest BCUT2D eigenvalue weighted by molar-refractivity contribution is 8.15. The second-order valence-corrected chi connectivity index (χ2v) is 7.52. The minimum absolute atomic E-state index is 0.0383. The van der Waals surface area contributed by atoms with E-state index in [2.05, 4.69) is 20.8 Å². The highest BCUT2D eigenvalue weighted by Gasteiger charge is 2.30. The molecule has 3 N–H and O–H groups in total. The molecule has 0 aliphatic carbocycles. The smallest absolute Gasteiger partial charge is 0.335 e. The maximum atomic E-state index is 13.0. The molecule has 1 atom stereocenters. The monoisotopic (exact) mass is 428 g/mol. The number of anilines is 1. The Kier molecular flexibility index (Phi) is 6.58. The second-order valence-electron chi connectivity index (χ2n) is 6.33. The lowest BCUT2D eigenvalue weighted by Gasteiger charge is -2.21. The molecule has 3 rings (SSSR count). The number of aromatic carboxylic acids is 1. The molecule has 2 aromatic rings. The van der Waals surface area contributed by atoms with Crippen LogP contribution in [0.25, 0.3) is 0 Å². The number of halogens is 1. The third-order valence-corrected chi connectivity index (χ3v) is 5.19. The SMILES string of the molecule is C/C(=N/N=C1/NC(=O)C[C@@H](C(=O)Nc2ccc(C(=O)O)cc2)S1)c1ccc(F)cc1. The van der Waals surface area contributed by atoms with Gasteiger partial charge in [-0.1, -0.05) is 23.9 Å². The molecule has 0 bridgehead atoms. The quantitative estimate of drug-likeness (QED) is 0.500. The molecule has 1 saturated heterocycles. The van der Waals surface area contributed by atoms with E-state index in [1.54, 1.807) is 19.1 Å². The van der Waals surface area contributed by atoms with E-state index in [-0.39, 0.29) is 28.9 Å². The molecule has 1 aliphatic rings. The van der Waals surface area contributed by atoms with Gasteiger partial charge < -0.3 is 15.7 Å². The van der Waals surface area contributed by atoms with Gasteiger partial charge in [0.25, 0.3) is 0 Å². The average Bonchev–Trinajstić information content (AvgIpc) is 2.72. The maximum Gasteiger partial charge on any atom is 0.335 e. The van der Waals surface area contributed by atoms with E-state index in [0.717, 1.165) is 11.8 Å². The molecular formula is C20H17FN4O4S. The first kappa shape index (κ1) is 21.2. The van der Waals surface area contributed by atoms with Crippen LogP contribution in [-0.4, -0.2) is 39.0 Å². The molecule has 0 aromatic heterocycles. The van der Waals surface area contributed by atoms with Gasteiger partial charge in [-0.2, -0.15) is 5.10 Å². The van der Waals surface area contributed by atoms with Gasteiger partial charge in [-0.25, -0.2) is 9.18 Å². The van der Waals surface area contributed by atoms with E-state index in [1.165, 1.54) is 36.4 Å². The van der Waals surface area contributed by atoms with Gasteiger partial charge in [0.15, 0.2) is 5.17 Å². The van der Waals surface area contributed by atoms with Gasteiger partial charge in [0.1, 0.15) is 11.1 Å². The lowest BCUT2D eigenvalue weighted by atomic mass is 10.1. The summed E-state index contributed by atoms with van der Waals surface area (Å²) >= 11 is 1.06. The van der Waals surface area contributed by atoms with Crippen LogP contribution in [0.5, 0.6) is 0 Å². The van der Waals surface area contributed by atoms with Gasteiger partial charge in [-0.05, 0) is 48.9 Å². The summed E-state index contributed by atoms with van der Waals surface area (Å²) in [6.07, 6.45) is -0.0383. The van der Waals surface area contributed by atoms with Crippen LogP contribution >= 0.6 is 11.8 Å². The molecule has 0 spiro atoms. The summed E-state index contributed by atoms with van der Waals surface area (Å²) in [6, 6.07) is 11.4. The summed E-state index contributed by atoms with van der Waals surface area (Å²) in [5, 5.41) is 21.6. The highest BCUT2D eigenvalue weighted by Crippen LogP contribution is 2.23. The Labute approximate surface area is 175 Å². The van der Waals surface area contributed by atoms with Crippen molar-refractivity contribution < 1.29 is 23.9 Å². The first-order chi connectivity index (χ1) is 14.3. The molecule has 0 radical (unpaired) electrons. The topological polar surface area (TPSA) is 120 Å². The summed E-state index contributed by atoms with van der Waals surface area (Å²) in [4.78, 5) is 35.4. The molecule has 30 heavy (non-hydrogen) atoms. The fourth-order valence-corrected chi connectivity index (χ4v) is 3.46. The van der Waals surface area contributed by atoms with Crippen molar-refractivity contribution in [2.24, 2.45) is 10.2 Å². The number of amidine groups is 1. The van der Waals surface area contributed by atoms with Crippen molar-refractivity contribution >= 4 is 46.1 Å². The zero-order valence-electron chi connectivity index (χ0n) is 15.8. The summed E-state index contributed by atoms with van der Waals surface area (Å²) < 4.78 is 13.0. The minimum atomic E-state index is -1.07. The van der Waals surface area contributed by atoms with Crippen molar-refractivity contribution in [2.75, 3.05) is 5.32 Å². The lowest BCUT2D eigenvalue weighted by molar-refractivity contribution is -0.123. The van der Waals surface area contributed by atoms with Crippen LogP contribution in [-0.2, 0) is 9.59 Å². The number of benzene rings is 2. The largest absolute Gasteiger partial charge is 0.478 e. The summed E-state index contributed by atoms with van der Waals surface area (Å²) in [6.45, 7) is 1.69. The van der Waals surface area contributed by atoms with Crippen LogP contribution < -0.4 is 10.6 Å². The minimum Gasteiger partial charge on any atom is -0.478 e. The van der Waals surface area contributed by atoms with Gasteiger partial charge in [0.2, 0.25) is 11.8 Å². The predicted molar refractivity (Wildman–Crippen MR) is 112 cm³/mol. The maximum absolute atomic E-state index is 13.0. The van der Waals surface area contributed by atoms with Crippen molar-refractivity contribution in [3.8, 4) is 0 Å². The van der Waals surface area contributed by atoms with Crippen LogP contribution in [0.4, 0.5) is 10.1 Å². The molecule has 8 nitrogen and oxygen atoms in total. The number of amides is 2. The molecule has 0 unspecified atom stereocenters. The molecule has 2 aromatic carbocycles. The number of rotatable bonds is 5. The molecule has 1 aliphatic heterocycles. The highest BCUT2D eigenvalue weighted by atomic mass is 32.2. The molecule has 154 valence electrons. The number of carboxylic acid groups (broad SMARTS) is 1. The van der Waals surface area contributed by atoms with E-state index >= 15 is 0 Å². The Morgan fingerprint density at radius 1 is 1.13 bits per heavy atom. The number of thioether (sulfide) groups is 1.